The highest BCUT2D eigenvalue weighted by Crippen LogP contribution is 2.27. The lowest BCUT2D eigenvalue weighted by Crippen LogP contribution is -2.15. The van der Waals surface area contributed by atoms with Crippen LogP contribution < -0.4 is 5.32 Å². The summed E-state index contributed by atoms with van der Waals surface area (Å²) in [5, 5.41) is 12.7. The van der Waals surface area contributed by atoms with Crippen molar-refractivity contribution in [1.82, 2.24) is 19.5 Å². The number of imidazole rings is 1. The van der Waals surface area contributed by atoms with E-state index in [4.69, 9.17) is 0 Å². The number of aliphatic hydroxyl groups is 1. The molecule has 0 amide bonds. The molecule has 1 aromatic carbocycles. The molecule has 1 atom stereocenters. The number of nitrogens with one attached hydrogen (secondary N) is 1. The highest BCUT2D eigenvalue weighted by atomic mass is 19.1. The van der Waals surface area contributed by atoms with Crippen LogP contribution in [-0.2, 0) is 0 Å². The summed E-state index contributed by atoms with van der Waals surface area (Å²) in [6, 6.07) is 6.18. The molecule has 0 aliphatic heterocycles. The molecule has 0 saturated carbocycles. The van der Waals surface area contributed by atoms with Gasteiger partial charge in [-0.2, -0.15) is 0 Å². The maximum Gasteiger partial charge on any atom is 0.210 e. The van der Waals surface area contributed by atoms with E-state index in [-0.39, 0.29) is 18.5 Å². The lowest BCUT2D eigenvalue weighted by Gasteiger charge is -2.18. The van der Waals surface area contributed by atoms with E-state index in [1.165, 1.54) is 6.07 Å². The molecule has 7 heteroatoms. The van der Waals surface area contributed by atoms with Gasteiger partial charge in [0.15, 0.2) is 5.65 Å². The molecule has 0 aliphatic carbocycles. The van der Waals surface area contributed by atoms with Gasteiger partial charge in [0.1, 0.15) is 17.2 Å². The number of aliphatic hydroxyl groups excluding tert-OH is 1. The number of hydrogen-bond donors (Lipinski definition) is 2. The summed E-state index contributed by atoms with van der Waals surface area (Å²) in [6.45, 7) is 3.70. The third-order valence-electron chi connectivity index (χ3n) is 3.72. The molecule has 0 spiro atoms. The molecule has 0 saturated heterocycles. The van der Waals surface area contributed by atoms with Crippen LogP contribution in [0.25, 0.3) is 11.2 Å². The van der Waals surface area contributed by atoms with Crippen molar-refractivity contribution >= 4 is 22.8 Å². The van der Waals surface area contributed by atoms with Gasteiger partial charge in [0.25, 0.3) is 0 Å². The third kappa shape index (κ3) is 2.87. The normalized spacial score (nSPS) is 12.5. The Kier molecular flexibility index (Phi) is 4.20. The van der Waals surface area contributed by atoms with Gasteiger partial charge < -0.3 is 10.4 Å². The maximum absolute atomic E-state index is 13.9. The zero-order chi connectivity index (χ0) is 16.4. The first kappa shape index (κ1) is 15.4. The molecule has 2 aromatic heterocycles. The summed E-state index contributed by atoms with van der Waals surface area (Å²) in [5.74, 6) is 0.681. The molecule has 0 unspecified atom stereocenters. The highest BCUT2D eigenvalue weighted by Gasteiger charge is 2.20. The van der Waals surface area contributed by atoms with E-state index in [9.17, 15) is 9.50 Å². The van der Waals surface area contributed by atoms with Crippen molar-refractivity contribution in [3.05, 3.63) is 42.1 Å². The Morgan fingerprint density at radius 2 is 2.09 bits per heavy atom. The van der Waals surface area contributed by atoms with Gasteiger partial charge in [-0.25, -0.2) is 19.3 Å². The highest BCUT2D eigenvalue weighted by molar-refractivity contribution is 5.75. The molecule has 6 nitrogen and oxygen atoms in total. The van der Waals surface area contributed by atoms with Gasteiger partial charge in [-0.15, -0.1) is 0 Å². The van der Waals surface area contributed by atoms with Crippen LogP contribution in [0.2, 0.25) is 0 Å². The molecule has 2 heterocycles. The van der Waals surface area contributed by atoms with E-state index < -0.39 is 0 Å². The maximum atomic E-state index is 13.9. The fourth-order valence-corrected chi connectivity index (χ4v) is 2.49. The Bertz CT molecular complexity index is 828. The van der Waals surface area contributed by atoms with E-state index in [0.29, 0.717) is 35.0 Å². The number of hydrogen-bond acceptors (Lipinski definition) is 5. The second kappa shape index (κ2) is 6.29. The van der Waals surface area contributed by atoms with Crippen molar-refractivity contribution in [3.63, 3.8) is 0 Å². The smallest absolute Gasteiger partial charge is 0.210 e. The van der Waals surface area contributed by atoms with Gasteiger partial charge in [0.05, 0.1) is 24.5 Å². The van der Waals surface area contributed by atoms with Crippen LogP contribution in [0.4, 0.5) is 16.0 Å². The molecular formula is C16H18FN5O. The van der Waals surface area contributed by atoms with Crippen LogP contribution in [0.3, 0.4) is 0 Å². The minimum Gasteiger partial charge on any atom is -0.394 e. The van der Waals surface area contributed by atoms with Gasteiger partial charge in [-0.05, 0) is 25.5 Å². The number of rotatable bonds is 5. The summed E-state index contributed by atoms with van der Waals surface area (Å²) in [4.78, 5) is 13.0. The number of fused-ring (bicyclic) bond motifs is 1. The lowest BCUT2D eigenvalue weighted by atomic mass is 10.2. The SMILES string of the molecule is CC[C@@H](CO)n1c(Nc2ccccc2F)nc2cnc(C)nc21. The van der Waals surface area contributed by atoms with Gasteiger partial charge in [0.2, 0.25) is 5.95 Å². The predicted molar refractivity (Wildman–Crippen MR) is 86.2 cm³/mol. The first-order valence-electron chi connectivity index (χ1n) is 7.48. The average molecular weight is 315 g/mol. The van der Waals surface area contributed by atoms with Crippen LogP contribution in [-0.4, -0.2) is 31.2 Å². The number of halogens is 1. The zero-order valence-electron chi connectivity index (χ0n) is 13.0. The number of nitrogens with zero attached hydrogens (tertiary/aromatic N) is 4. The number of anilines is 2. The molecule has 3 rings (SSSR count). The number of para-hydroxylation sites is 1. The quantitative estimate of drug-likeness (QED) is 0.757. The lowest BCUT2D eigenvalue weighted by molar-refractivity contribution is 0.228. The van der Waals surface area contributed by atoms with E-state index in [0.717, 1.165) is 0 Å². The summed E-state index contributed by atoms with van der Waals surface area (Å²) >= 11 is 0. The Morgan fingerprint density at radius 1 is 1.30 bits per heavy atom. The van der Waals surface area contributed by atoms with E-state index >= 15 is 0 Å². The molecule has 0 fully saturated rings. The van der Waals surface area contributed by atoms with Crippen molar-refractivity contribution < 1.29 is 9.50 Å². The largest absolute Gasteiger partial charge is 0.394 e. The first-order chi connectivity index (χ1) is 11.1. The van der Waals surface area contributed by atoms with E-state index in [1.807, 2.05) is 6.92 Å². The van der Waals surface area contributed by atoms with Crippen LogP contribution in [0.15, 0.2) is 30.5 Å². The summed E-state index contributed by atoms with van der Waals surface area (Å²) in [5.41, 5.74) is 1.54. The third-order valence-corrected chi connectivity index (χ3v) is 3.72. The molecule has 3 aromatic rings. The monoisotopic (exact) mass is 315 g/mol. The summed E-state index contributed by atoms with van der Waals surface area (Å²) in [6.07, 6.45) is 2.32. The fourth-order valence-electron chi connectivity index (χ4n) is 2.49. The Balaban J connectivity index is 2.15. The fraction of sp³-hybridized carbons (Fsp3) is 0.312. The summed E-state index contributed by atoms with van der Waals surface area (Å²) < 4.78 is 15.7. The Morgan fingerprint density at radius 3 is 2.78 bits per heavy atom. The van der Waals surface area contributed by atoms with Crippen LogP contribution in [0.1, 0.15) is 25.2 Å². The number of benzene rings is 1. The second-order valence-electron chi connectivity index (χ2n) is 5.28. The molecular weight excluding hydrogens is 297 g/mol. The standard InChI is InChI=1S/C16H18FN5O/c1-3-11(9-23)22-15-14(8-18-10(2)19-15)21-16(22)20-13-7-5-4-6-12(13)17/h4-8,11,23H,3,9H2,1-2H3,(H,20,21)/t11-/m0/s1. The Hall–Kier alpha value is -2.54. The van der Waals surface area contributed by atoms with Crippen molar-refractivity contribution in [2.24, 2.45) is 0 Å². The van der Waals surface area contributed by atoms with Gasteiger partial charge in [0, 0.05) is 0 Å². The van der Waals surface area contributed by atoms with Gasteiger partial charge in [-0.3, -0.25) is 4.57 Å². The molecule has 0 aliphatic rings. The zero-order valence-corrected chi connectivity index (χ0v) is 13.0. The van der Waals surface area contributed by atoms with Crippen molar-refractivity contribution in [1.29, 1.82) is 0 Å². The van der Waals surface area contributed by atoms with E-state index in [1.54, 1.807) is 35.9 Å². The minimum atomic E-state index is -0.370. The predicted octanol–water partition coefficient (Wildman–Crippen LogP) is 2.96. The molecule has 2 N–H and O–H groups in total. The van der Waals surface area contributed by atoms with Crippen molar-refractivity contribution in [2.75, 3.05) is 11.9 Å². The molecule has 23 heavy (non-hydrogen) atoms. The Labute approximate surface area is 133 Å². The molecule has 0 radical (unpaired) electrons. The van der Waals surface area contributed by atoms with Crippen molar-refractivity contribution in [2.45, 2.75) is 26.3 Å². The van der Waals surface area contributed by atoms with Crippen LogP contribution in [0, 0.1) is 12.7 Å². The van der Waals surface area contributed by atoms with Crippen molar-refractivity contribution in [3.8, 4) is 0 Å². The molecule has 120 valence electrons. The topological polar surface area (TPSA) is 75.9 Å². The average Bonchev–Trinajstić information content (AvgIpc) is 2.89. The van der Waals surface area contributed by atoms with Crippen LogP contribution in [0.5, 0.6) is 0 Å². The minimum absolute atomic E-state index is 0.0586. The first-order valence-corrected chi connectivity index (χ1v) is 7.48. The number of aryl methyl sites for hydroxylation is 1. The van der Waals surface area contributed by atoms with Gasteiger partial charge >= 0.3 is 0 Å². The molecule has 0 bridgehead atoms. The second-order valence-corrected chi connectivity index (χ2v) is 5.28. The summed E-state index contributed by atoms with van der Waals surface area (Å²) in [7, 11) is 0. The number of aromatic nitrogens is 4. The van der Waals surface area contributed by atoms with Gasteiger partial charge in [-0.1, -0.05) is 19.1 Å². The van der Waals surface area contributed by atoms with Crippen LogP contribution >= 0.6 is 0 Å². The van der Waals surface area contributed by atoms with E-state index in [2.05, 4.69) is 20.3 Å².